The minimum Gasteiger partial charge on any atom is -0.465 e. The van der Waals surface area contributed by atoms with Crippen molar-refractivity contribution in [2.75, 3.05) is 12.8 Å². The number of nitrogen functional groups attached to an aromatic ring is 1. The largest absolute Gasteiger partial charge is 0.465 e. The van der Waals surface area contributed by atoms with Gasteiger partial charge in [0.1, 0.15) is 0 Å². The number of rotatable bonds is 1. The van der Waals surface area contributed by atoms with Gasteiger partial charge in [-0.25, -0.2) is 4.79 Å². The summed E-state index contributed by atoms with van der Waals surface area (Å²) in [7, 11) is 3.18. The van der Waals surface area contributed by atoms with Crippen LogP contribution in [0, 0.1) is 13.8 Å². The van der Waals surface area contributed by atoms with Crippen LogP contribution in [0.4, 0.5) is 5.69 Å². The molecule has 0 aliphatic heterocycles. The fourth-order valence-corrected chi connectivity index (χ4v) is 2.07. The maximum Gasteiger partial charge on any atom is 0.338 e. The molecule has 2 N–H and O–H groups in total. The first-order chi connectivity index (χ1) is 7.97. The summed E-state index contributed by atoms with van der Waals surface area (Å²) in [5.74, 6) is -0.380. The molecule has 0 saturated carbocycles. The molecule has 0 saturated heterocycles. The van der Waals surface area contributed by atoms with Crippen LogP contribution in [0.1, 0.15) is 21.6 Å². The summed E-state index contributed by atoms with van der Waals surface area (Å²) in [6.07, 6.45) is 0. The van der Waals surface area contributed by atoms with Gasteiger partial charge in [-0.2, -0.15) is 5.10 Å². The minimum atomic E-state index is -0.380. The van der Waals surface area contributed by atoms with Gasteiger partial charge in [0, 0.05) is 18.1 Å². The number of hydrogen-bond acceptors (Lipinski definition) is 4. The van der Waals surface area contributed by atoms with Crippen molar-refractivity contribution < 1.29 is 9.53 Å². The molecule has 0 aliphatic rings. The molecule has 5 nitrogen and oxygen atoms in total. The second kappa shape index (κ2) is 3.76. The maximum atomic E-state index is 11.6. The molecule has 1 heterocycles. The SMILES string of the molecule is COC(=O)c1cc2c(c(C)nn2C)c(N)c1C. The molecule has 0 atom stereocenters. The number of esters is 1. The van der Waals surface area contributed by atoms with E-state index in [1.54, 1.807) is 10.7 Å². The van der Waals surface area contributed by atoms with Crippen LogP contribution in [0.2, 0.25) is 0 Å². The molecule has 90 valence electrons. The number of methoxy groups -OCH3 is 1. The molecule has 0 spiro atoms. The van der Waals surface area contributed by atoms with Crippen LogP contribution in [-0.2, 0) is 11.8 Å². The number of fused-ring (bicyclic) bond motifs is 1. The summed E-state index contributed by atoms with van der Waals surface area (Å²) in [6, 6.07) is 1.77. The van der Waals surface area contributed by atoms with Crippen molar-refractivity contribution in [3.63, 3.8) is 0 Å². The van der Waals surface area contributed by atoms with E-state index in [9.17, 15) is 4.79 Å². The highest BCUT2D eigenvalue weighted by Crippen LogP contribution is 2.30. The molecule has 2 rings (SSSR count). The highest BCUT2D eigenvalue weighted by atomic mass is 16.5. The Morgan fingerprint density at radius 2 is 2.12 bits per heavy atom. The van der Waals surface area contributed by atoms with Crippen LogP contribution in [0.5, 0.6) is 0 Å². The zero-order valence-corrected chi connectivity index (χ0v) is 10.4. The highest BCUT2D eigenvalue weighted by Gasteiger charge is 2.18. The van der Waals surface area contributed by atoms with Crippen molar-refractivity contribution in [2.45, 2.75) is 13.8 Å². The van der Waals surface area contributed by atoms with Gasteiger partial charge in [0.05, 0.1) is 23.9 Å². The van der Waals surface area contributed by atoms with Gasteiger partial charge in [0.25, 0.3) is 0 Å². The molecule has 5 heteroatoms. The van der Waals surface area contributed by atoms with Crippen molar-refractivity contribution in [3.05, 3.63) is 22.9 Å². The predicted molar refractivity (Wildman–Crippen MR) is 65.9 cm³/mol. The Hall–Kier alpha value is -2.04. The predicted octanol–water partition coefficient (Wildman–Crippen LogP) is 1.56. The lowest BCUT2D eigenvalue weighted by molar-refractivity contribution is 0.0600. The number of hydrogen-bond donors (Lipinski definition) is 1. The van der Waals surface area contributed by atoms with E-state index in [1.807, 2.05) is 20.9 Å². The van der Waals surface area contributed by atoms with Crippen LogP contribution < -0.4 is 5.73 Å². The number of ether oxygens (including phenoxy) is 1. The van der Waals surface area contributed by atoms with Crippen molar-refractivity contribution >= 4 is 22.6 Å². The molecular weight excluding hydrogens is 218 g/mol. The van der Waals surface area contributed by atoms with Crippen molar-refractivity contribution in [2.24, 2.45) is 7.05 Å². The minimum absolute atomic E-state index is 0.380. The number of aromatic nitrogens is 2. The zero-order valence-electron chi connectivity index (χ0n) is 10.4. The molecule has 1 aromatic heterocycles. The van der Waals surface area contributed by atoms with E-state index in [-0.39, 0.29) is 5.97 Å². The van der Waals surface area contributed by atoms with E-state index in [2.05, 4.69) is 5.10 Å². The van der Waals surface area contributed by atoms with Gasteiger partial charge in [0.15, 0.2) is 0 Å². The fourth-order valence-electron chi connectivity index (χ4n) is 2.07. The third-order valence-electron chi connectivity index (χ3n) is 3.03. The van der Waals surface area contributed by atoms with Crippen LogP contribution >= 0.6 is 0 Å². The lowest BCUT2D eigenvalue weighted by atomic mass is 10.0. The number of carbonyl (C=O) groups is 1. The lowest BCUT2D eigenvalue weighted by Crippen LogP contribution is -2.07. The fraction of sp³-hybridized carbons (Fsp3) is 0.333. The number of carbonyl (C=O) groups excluding carboxylic acids is 1. The average molecular weight is 233 g/mol. The Balaban J connectivity index is 2.87. The second-order valence-corrected chi connectivity index (χ2v) is 4.06. The molecule has 2 aromatic rings. The summed E-state index contributed by atoms with van der Waals surface area (Å²) >= 11 is 0. The van der Waals surface area contributed by atoms with Crippen molar-refractivity contribution in [1.29, 1.82) is 0 Å². The summed E-state index contributed by atoms with van der Waals surface area (Å²) < 4.78 is 6.46. The Bertz CT molecular complexity index is 614. The summed E-state index contributed by atoms with van der Waals surface area (Å²) in [5.41, 5.74) is 9.58. The van der Waals surface area contributed by atoms with Crippen molar-refractivity contribution in [3.8, 4) is 0 Å². The van der Waals surface area contributed by atoms with Gasteiger partial charge in [0.2, 0.25) is 0 Å². The normalized spacial score (nSPS) is 10.8. The Labute approximate surface area is 99.2 Å². The second-order valence-electron chi connectivity index (χ2n) is 4.06. The number of anilines is 1. The quantitative estimate of drug-likeness (QED) is 0.599. The number of nitrogens with zero attached hydrogens (tertiary/aromatic N) is 2. The summed E-state index contributed by atoms with van der Waals surface area (Å²) in [4.78, 5) is 11.6. The molecule has 0 fully saturated rings. The molecule has 0 unspecified atom stereocenters. The summed E-state index contributed by atoms with van der Waals surface area (Å²) in [6.45, 7) is 3.71. The average Bonchev–Trinajstić information content (AvgIpc) is 2.58. The molecule has 0 amide bonds. The lowest BCUT2D eigenvalue weighted by Gasteiger charge is -2.08. The number of benzene rings is 1. The van der Waals surface area contributed by atoms with E-state index in [1.165, 1.54) is 7.11 Å². The van der Waals surface area contributed by atoms with E-state index in [0.717, 1.165) is 22.2 Å². The third kappa shape index (κ3) is 1.54. The van der Waals surface area contributed by atoms with Gasteiger partial charge >= 0.3 is 5.97 Å². The first-order valence-corrected chi connectivity index (χ1v) is 5.28. The van der Waals surface area contributed by atoms with Gasteiger partial charge in [-0.15, -0.1) is 0 Å². The molecule has 17 heavy (non-hydrogen) atoms. The van der Waals surface area contributed by atoms with E-state index < -0.39 is 0 Å². The molecule has 0 radical (unpaired) electrons. The van der Waals surface area contributed by atoms with Crippen LogP contribution in [-0.4, -0.2) is 22.9 Å². The molecule has 0 aliphatic carbocycles. The topological polar surface area (TPSA) is 70.1 Å². The standard InChI is InChI=1S/C12H15N3O2/c1-6-8(12(16)17-4)5-9-10(11(6)13)7(2)14-15(9)3/h5H,13H2,1-4H3. The van der Waals surface area contributed by atoms with E-state index >= 15 is 0 Å². The van der Waals surface area contributed by atoms with Gasteiger partial charge in [-0.1, -0.05) is 0 Å². The Kier molecular flexibility index (Phi) is 2.53. The Morgan fingerprint density at radius 1 is 1.47 bits per heavy atom. The van der Waals surface area contributed by atoms with Crippen LogP contribution in [0.15, 0.2) is 6.07 Å². The monoisotopic (exact) mass is 233 g/mol. The number of nitrogens with two attached hydrogens (primary N) is 1. The molecule has 1 aromatic carbocycles. The first-order valence-electron chi connectivity index (χ1n) is 5.28. The smallest absolute Gasteiger partial charge is 0.338 e. The Morgan fingerprint density at radius 3 is 2.71 bits per heavy atom. The highest BCUT2D eigenvalue weighted by molar-refractivity contribution is 6.03. The first kappa shape index (κ1) is 11.4. The van der Waals surface area contributed by atoms with E-state index in [4.69, 9.17) is 10.5 Å². The number of aryl methyl sites for hydroxylation is 2. The van der Waals surface area contributed by atoms with E-state index in [0.29, 0.717) is 11.3 Å². The van der Waals surface area contributed by atoms with Gasteiger partial charge in [-0.3, -0.25) is 4.68 Å². The van der Waals surface area contributed by atoms with Crippen LogP contribution in [0.3, 0.4) is 0 Å². The van der Waals surface area contributed by atoms with Gasteiger partial charge in [-0.05, 0) is 25.5 Å². The van der Waals surface area contributed by atoms with Gasteiger partial charge < -0.3 is 10.5 Å². The van der Waals surface area contributed by atoms with Crippen LogP contribution in [0.25, 0.3) is 10.9 Å². The van der Waals surface area contributed by atoms with Crippen molar-refractivity contribution in [1.82, 2.24) is 9.78 Å². The third-order valence-corrected chi connectivity index (χ3v) is 3.03. The maximum absolute atomic E-state index is 11.6. The zero-order chi connectivity index (χ0) is 12.7. The summed E-state index contributed by atoms with van der Waals surface area (Å²) in [5, 5.41) is 5.20. The molecule has 0 bridgehead atoms. The molecular formula is C12H15N3O2.